The zero-order valence-electron chi connectivity index (χ0n) is 10.9. The Balaban J connectivity index is 4.27. The van der Waals surface area contributed by atoms with Gasteiger partial charge in [0.15, 0.2) is 0 Å². The van der Waals surface area contributed by atoms with E-state index >= 15 is 0 Å². The third-order valence-electron chi connectivity index (χ3n) is 1.93. The Kier molecular flexibility index (Phi) is 9.28. The Morgan fingerprint density at radius 3 is 1.88 bits per heavy atom. The van der Waals surface area contributed by atoms with Gasteiger partial charge in [-0.3, -0.25) is 4.79 Å². The largest absolute Gasteiger partial charge is 0.504 e. The van der Waals surface area contributed by atoms with Crippen molar-refractivity contribution in [2.24, 2.45) is 5.73 Å². The van der Waals surface area contributed by atoms with Crippen LogP contribution in [0.15, 0.2) is 0 Å². The number of carbonyl (C=O) groups is 1. The Bertz CT molecular complexity index is 198. The predicted octanol–water partition coefficient (Wildman–Crippen LogP) is 0.537. The van der Waals surface area contributed by atoms with Crippen molar-refractivity contribution < 1.29 is 22.8 Å². The van der Waals surface area contributed by atoms with Gasteiger partial charge in [-0.1, -0.05) is 0 Å². The molecule has 0 aliphatic rings. The topological polar surface area (TPSA) is 80.0 Å². The molecule has 0 bridgehead atoms. The third-order valence-corrected chi connectivity index (χ3v) is 4.93. The fourth-order valence-electron chi connectivity index (χ4n) is 1.35. The molecule has 0 rings (SSSR count). The zero-order valence-corrected chi connectivity index (χ0v) is 11.9. The number of hydrogen-bond donors (Lipinski definition) is 1. The predicted molar refractivity (Wildman–Crippen MR) is 65.5 cm³/mol. The molecule has 0 aromatic rings. The van der Waals surface area contributed by atoms with Crippen molar-refractivity contribution in [3.63, 3.8) is 0 Å². The molecule has 0 saturated carbocycles. The van der Waals surface area contributed by atoms with E-state index in [1.54, 1.807) is 0 Å². The summed E-state index contributed by atoms with van der Waals surface area (Å²) in [5.41, 5.74) is 5.14. The molecule has 6 nitrogen and oxygen atoms in total. The van der Waals surface area contributed by atoms with E-state index in [2.05, 4.69) is 0 Å². The summed E-state index contributed by atoms with van der Waals surface area (Å²) in [6.07, 6.45) is 0. The van der Waals surface area contributed by atoms with Crippen LogP contribution in [0.5, 0.6) is 0 Å². The van der Waals surface area contributed by atoms with Gasteiger partial charge in [-0.15, -0.1) is 0 Å². The number of esters is 1. The summed E-state index contributed by atoms with van der Waals surface area (Å²) in [4.78, 5) is 10.9. The quantitative estimate of drug-likeness (QED) is 0.458. The monoisotopic (exact) mass is 265 g/mol. The van der Waals surface area contributed by atoms with Gasteiger partial charge < -0.3 is 23.7 Å². The van der Waals surface area contributed by atoms with Crippen molar-refractivity contribution in [1.82, 2.24) is 0 Å². The number of nitrogens with two attached hydrogens (primary N) is 1. The van der Waals surface area contributed by atoms with Gasteiger partial charge in [0.1, 0.15) is 0 Å². The van der Waals surface area contributed by atoms with Crippen LogP contribution in [0.3, 0.4) is 0 Å². The maximum absolute atomic E-state index is 10.9. The summed E-state index contributed by atoms with van der Waals surface area (Å²) >= 11 is 0. The van der Waals surface area contributed by atoms with E-state index in [1.165, 1.54) is 0 Å². The molecule has 0 unspecified atom stereocenters. The molecule has 0 amide bonds. The minimum atomic E-state index is -2.69. The second-order valence-electron chi connectivity index (χ2n) is 3.16. The van der Waals surface area contributed by atoms with Crippen LogP contribution in [-0.2, 0) is 22.8 Å². The lowest BCUT2D eigenvalue weighted by atomic mass is 10.7. The van der Waals surface area contributed by atoms with Crippen molar-refractivity contribution in [2.75, 3.05) is 33.0 Å². The van der Waals surface area contributed by atoms with E-state index in [0.717, 1.165) is 0 Å². The summed E-state index contributed by atoms with van der Waals surface area (Å²) in [6.45, 7) is 7.27. The molecule has 102 valence electrons. The fourth-order valence-corrected chi connectivity index (χ4v) is 3.70. The van der Waals surface area contributed by atoms with Crippen molar-refractivity contribution in [1.29, 1.82) is 0 Å². The highest BCUT2D eigenvalue weighted by molar-refractivity contribution is 6.60. The summed E-state index contributed by atoms with van der Waals surface area (Å²) < 4.78 is 21.7. The molecule has 0 atom stereocenters. The lowest BCUT2D eigenvalue weighted by Crippen LogP contribution is -2.47. The second-order valence-corrected chi connectivity index (χ2v) is 5.89. The lowest BCUT2D eigenvalue weighted by molar-refractivity contribution is -0.141. The standard InChI is InChI=1S/C10H23NO5Si/c1-4-14-17(15-5-2,16-6-3)8-7-13-10(12)9-11/h4-9,11H2,1-3H3. The molecular formula is C10H23NO5Si. The molecule has 0 spiro atoms. The highest BCUT2D eigenvalue weighted by Crippen LogP contribution is 2.15. The van der Waals surface area contributed by atoms with E-state index in [9.17, 15) is 4.79 Å². The summed E-state index contributed by atoms with van der Waals surface area (Å²) in [5.74, 6) is -0.433. The average Bonchev–Trinajstić information content (AvgIpc) is 2.30. The van der Waals surface area contributed by atoms with E-state index in [1.807, 2.05) is 20.8 Å². The summed E-state index contributed by atoms with van der Waals surface area (Å²) in [6, 6.07) is 0.453. The molecule has 0 aliphatic heterocycles. The van der Waals surface area contributed by atoms with Gasteiger partial charge >= 0.3 is 14.8 Å². The molecule has 0 aromatic carbocycles. The van der Waals surface area contributed by atoms with Crippen LogP contribution < -0.4 is 5.73 Å². The molecule has 17 heavy (non-hydrogen) atoms. The average molecular weight is 265 g/mol. The number of carbonyl (C=O) groups excluding carboxylic acids is 1. The van der Waals surface area contributed by atoms with Gasteiger partial charge in [0.05, 0.1) is 19.2 Å². The van der Waals surface area contributed by atoms with Gasteiger partial charge in [0.2, 0.25) is 0 Å². The molecule has 2 N–H and O–H groups in total. The van der Waals surface area contributed by atoms with E-state index in [0.29, 0.717) is 25.9 Å². The lowest BCUT2D eigenvalue weighted by Gasteiger charge is -2.28. The number of rotatable bonds is 10. The SMILES string of the molecule is CCO[Si](CCOC(=O)CN)(OCC)OCC. The maximum Gasteiger partial charge on any atom is 0.504 e. The van der Waals surface area contributed by atoms with Gasteiger partial charge in [-0.05, 0) is 20.8 Å². The molecule has 0 aromatic heterocycles. The third kappa shape index (κ3) is 6.74. The number of ether oxygens (including phenoxy) is 1. The van der Waals surface area contributed by atoms with Gasteiger partial charge in [-0.25, -0.2) is 0 Å². The Morgan fingerprint density at radius 1 is 1.06 bits per heavy atom. The van der Waals surface area contributed by atoms with Crippen LogP contribution in [0.25, 0.3) is 0 Å². The van der Waals surface area contributed by atoms with Crippen LogP contribution in [0.4, 0.5) is 0 Å². The van der Waals surface area contributed by atoms with Crippen LogP contribution in [0.2, 0.25) is 6.04 Å². The van der Waals surface area contributed by atoms with Crippen LogP contribution in [-0.4, -0.2) is 47.7 Å². The van der Waals surface area contributed by atoms with Crippen LogP contribution in [0.1, 0.15) is 20.8 Å². The smallest absolute Gasteiger partial charge is 0.465 e. The molecule has 0 aliphatic carbocycles. The molecule has 0 saturated heterocycles. The van der Waals surface area contributed by atoms with E-state index < -0.39 is 14.8 Å². The summed E-state index contributed by atoms with van der Waals surface area (Å²) in [7, 11) is -2.69. The maximum atomic E-state index is 10.9. The molecule has 7 heteroatoms. The molecule has 0 fully saturated rings. The Hall–Kier alpha value is -0.473. The number of hydrogen-bond acceptors (Lipinski definition) is 6. The van der Waals surface area contributed by atoms with Crippen LogP contribution >= 0.6 is 0 Å². The zero-order chi connectivity index (χ0) is 13.1. The van der Waals surface area contributed by atoms with E-state index in [4.69, 9.17) is 23.7 Å². The first-order valence-corrected chi connectivity index (χ1v) is 7.84. The van der Waals surface area contributed by atoms with E-state index in [-0.39, 0.29) is 13.2 Å². The summed E-state index contributed by atoms with van der Waals surface area (Å²) in [5, 5.41) is 0. The van der Waals surface area contributed by atoms with Crippen molar-refractivity contribution in [3.05, 3.63) is 0 Å². The highest BCUT2D eigenvalue weighted by Gasteiger charge is 2.40. The normalized spacial score (nSPS) is 11.5. The Labute approximate surface area is 104 Å². The first kappa shape index (κ1) is 16.5. The van der Waals surface area contributed by atoms with Crippen molar-refractivity contribution in [2.45, 2.75) is 26.8 Å². The van der Waals surface area contributed by atoms with Crippen LogP contribution in [0, 0.1) is 0 Å². The first-order valence-electron chi connectivity index (χ1n) is 5.91. The highest BCUT2D eigenvalue weighted by atomic mass is 28.4. The van der Waals surface area contributed by atoms with Gasteiger partial charge in [-0.2, -0.15) is 0 Å². The molecular weight excluding hydrogens is 242 g/mol. The minimum Gasteiger partial charge on any atom is -0.465 e. The minimum absolute atomic E-state index is 0.119. The molecule has 0 heterocycles. The van der Waals surface area contributed by atoms with Gasteiger partial charge in [0, 0.05) is 19.8 Å². The molecule has 0 radical (unpaired) electrons. The Morgan fingerprint density at radius 2 is 1.53 bits per heavy atom. The van der Waals surface area contributed by atoms with Crippen molar-refractivity contribution >= 4 is 14.8 Å². The van der Waals surface area contributed by atoms with Gasteiger partial charge in [0.25, 0.3) is 0 Å². The fraction of sp³-hybridized carbons (Fsp3) is 0.900. The van der Waals surface area contributed by atoms with Crippen molar-refractivity contribution in [3.8, 4) is 0 Å². The second kappa shape index (κ2) is 9.55. The first-order chi connectivity index (χ1) is 8.14.